The Balaban J connectivity index is 2.05. The minimum atomic E-state index is -4.69. The second-order valence-corrected chi connectivity index (χ2v) is 8.90. The molecule has 2 aliphatic heterocycles. The summed E-state index contributed by atoms with van der Waals surface area (Å²) in [5.74, 6) is -0.763. The van der Waals surface area contributed by atoms with E-state index in [4.69, 9.17) is 0 Å². The zero-order valence-electron chi connectivity index (χ0n) is 13.5. The highest BCUT2D eigenvalue weighted by atomic mass is 32.2. The molecule has 1 aliphatic carbocycles. The van der Waals surface area contributed by atoms with Gasteiger partial charge in [0.2, 0.25) is 0 Å². The van der Waals surface area contributed by atoms with Gasteiger partial charge in [-0.15, -0.1) is 0 Å². The van der Waals surface area contributed by atoms with Gasteiger partial charge in [-0.3, -0.25) is 29.2 Å². The van der Waals surface area contributed by atoms with Crippen molar-refractivity contribution < 1.29 is 28.9 Å². The molecule has 0 spiro atoms. The minimum Gasteiger partial charge on any atom is -0.336 e. The molecule has 0 aromatic carbocycles. The number of nitrogens with zero attached hydrogens (tertiary/aromatic N) is 3. The van der Waals surface area contributed by atoms with E-state index >= 15 is 0 Å². The molecule has 2 amide bonds. The molecule has 2 fully saturated rings. The fourth-order valence-electron chi connectivity index (χ4n) is 3.18. The SMILES string of the molecule is O=C1NC2C=CC(N3CCSCC3)([N+](=O)[O-])C=C2N(CP(=O)(O)O)C1=O. The fraction of sp³-hybridized carbons (Fsp3) is 0.538. The van der Waals surface area contributed by atoms with Crippen LogP contribution >= 0.6 is 19.4 Å². The molecule has 0 aromatic rings. The van der Waals surface area contributed by atoms with Gasteiger partial charge in [-0.25, -0.2) is 4.90 Å². The number of amides is 2. The van der Waals surface area contributed by atoms with Crippen molar-refractivity contribution in [3.05, 3.63) is 34.0 Å². The Morgan fingerprint density at radius 2 is 2.04 bits per heavy atom. The van der Waals surface area contributed by atoms with Crippen LogP contribution in [0.15, 0.2) is 23.9 Å². The molecule has 3 rings (SSSR count). The monoisotopic (exact) mass is 404 g/mol. The number of thioether (sulfide) groups is 1. The molecule has 0 saturated carbocycles. The van der Waals surface area contributed by atoms with E-state index in [1.807, 2.05) is 0 Å². The van der Waals surface area contributed by atoms with Crippen molar-refractivity contribution in [3.63, 3.8) is 0 Å². The predicted octanol–water partition coefficient (Wildman–Crippen LogP) is -1.08. The van der Waals surface area contributed by atoms with E-state index in [1.165, 1.54) is 18.2 Å². The molecule has 142 valence electrons. The highest BCUT2D eigenvalue weighted by Crippen LogP contribution is 2.40. The fourth-order valence-corrected chi connectivity index (χ4v) is 4.74. The molecular weight excluding hydrogens is 387 g/mol. The lowest BCUT2D eigenvalue weighted by Gasteiger charge is -2.41. The number of hydrogen-bond acceptors (Lipinski definition) is 7. The van der Waals surface area contributed by atoms with Crippen molar-refractivity contribution in [1.82, 2.24) is 15.1 Å². The third-order valence-corrected chi connectivity index (χ3v) is 5.98. The molecule has 26 heavy (non-hydrogen) atoms. The molecule has 2 unspecified atom stereocenters. The largest absolute Gasteiger partial charge is 0.345 e. The minimum absolute atomic E-state index is 0.00430. The van der Waals surface area contributed by atoms with Gasteiger partial charge in [0.25, 0.3) is 0 Å². The quantitative estimate of drug-likeness (QED) is 0.175. The first-order valence-electron chi connectivity index (χ1n) is 7.70. The topological polar surface area (TPSA) is 153 Å². The van der Waals surface area contributed by atoms with Crippen LogP contribution in [0.4, 0.5) is 0 Å². The van der Waals surface area contributed by atoms with Gasteiger partial charge in [-0.05, 0) is 0 Å². The van der Waals surface area contributed by atoms with Gasteiger partial charge in [0.05, 0.1) is 16.7 Å². The van der Waals surface area contributed by atoms with Crippen LogP contribution < -0.4 is 5.32 Å². The van der Waals surface area contributed by atoms with E-state index in [9.17, 15) is 34.1 Å². The van der Waals surface area contributed by atoms with E-state index in [0.29, 0.717) is 29.5 Å². The second-order valence-electron chi connectivity index (χ2n) is 6.06. The number of carbonyl (C=O) groups excluding carboxylic acids is 2. The highest BCUT2D eigenvalue weighted by molar-refractivity contribution is 7.99. The number of nitro groups is 1. The summed E-state index contributed by atoms with van der Waals surface area (Å²) in [7, 11) is -4.69. The molecule has 3 aliphatic rings. The molecule has 2 saturated heterocycles. The zero-order valence-corrected chi connectivity index (χ0v) is 15.2. The Labute approximate surface area is 152 Å². The van der Waals surface area contributed by atoms with Gasteiger partial charge in [0, 0.05) is 36.7 Å². The molecular formula is C13H17N4O7PS. The average Bonchev–Trinajstić information content (AvgIpc) is 2.58. The third-order valence-electron chi connectivity index (χ3n) is 4.39. The van der Waals surface area contributed by atoms with Crippen LogP contribution in [0.1, 0.15) is 0 Å². The molecule has 11 nitrogen and oxygen atoms in total. The molecule has 13 heteroatoms. The van der Waals surface area contributed by atoms with Crippen LogP contribution in [0.3, 0.4) is 0 Å². The van der Waals surface area contributed by atoms with E-state index in [0.717, 1.165) is 0 Å². The van der Waals surface area contributed by atoms with Gasteiger partial charge in [-0.2, -0.15) is 11.8 Å². The van der Waals surface area contributed by atoms with Crippen molar-refractivity contribution in [1.29, 1.82) is 0 Å². The van der Waals surface area contributed by atoms with Gasteiger partial charge >= 0.3 is 25.1 Å². The van der Waals surface area contributed by atoms with Gasteiger partial charge in [0.1, 0.15) is 6.29 Å². The standard InChI is InChI=1S/C13H17N4O7PS/c18-11-12(19)16(8-25(22,23)24)10-7-13(17(20)21,2-1-9(10)14-11)15-3-5-26-6-4-15/h1-2,7,9H,3-6,8H2,(H,14,18)(H2,22,23,24). The summed E-state index contributed by atoms with van der Waals surface area (Å²) >= 11 is 1.67. The van der Waals surface area contributed by atoms with E-state index in [2.05, 4.69) is 5.32 Å². The summed E-state index contributed by atoms with van der Waals surface area (Å²) < 4.78 is 11.4. The average molecular weight is 404 g/mol. The van der Waals surface area contributed by atoms with Crippen LogP contribution in [0.5, 0.6) is 0 Å². The van der Waals surface area contributed by atoms with Crippen molar-refractivity contribution >= 4 is 31.2 Å². The summed E-state index contributed by atoms with van der Waals surface area (Å²) in [6.07, 6.45) is 2.93. The molecule has 2 atom stereocenters. The van der Waals surface area contributed by atoms with Gasteiger partial charge in [-0.1, -0.05) is 6.08 Å². The summed E-state index contributed by atoms with van der Waals surface area (Å²) in [4.78, 5) is 56.1. The van der Waals surface area contributed by atoms with E-state index < -0.39 is 42.3 Å². The van der Waals surface area contributed by atoms with Crippen molar-refractivity contribution in [2.75, 3.05) is 30.9 Å². The van der Waals surface area contributed by atoms with Crippen LogP contribution in [0, 0.1) is 10.1 Å². The van der Waals surface area contributed by atoms with Gasteiger partial charge < -0.3 is 15.1 Å². The molecule has 0 bridgehead atoms. The molecule has 3 N–H and O–H groups in total. The first kappa shape index (κ1) is 19.1. The Hall–Kier alpha value is -1.72. The summed E-state index contributed by atoms with van der Waals surface area (Å²) in [5.41, 5.74) is -1.74. The number of nitrogens with one attached hydrogen (secondary N) is 1. The normalized spacial score (nSPS) is 29.8. The highest BCUT2D eigenvalue weighted by Gasteiger charge is 2.51. The maximum absolute atomic E-state index is 12.1. The van der Waals surface area contributed by atoms with Crippen LogP contribution in [-0.4, -0.2) is 78.9 Å². The van der Waals surface area contributed by atoms with Crippen molar-refractivity contribution in [2.24, 2.45) is 0 Å². The van der Waals surface area contributed by atoms with Crippen molar-refractivity contribution in [3.8, 4) is 0 Å². The zero-order chi connectivity index (χ0) is 19.1. The Morgan fingerprint density at radius 3 is 2.62 bits per heavy atom. The Kier molecular flexibility index (Phi) is 4.97. The van der Waals surface area contributed by atoms with Gasteiger partial charge in [0.15, 0.2) is 0 Å². The number of hydrogen-bond donors (Lipinski definition) is 3. The van der Waals surface area contributed by atoms with E-state index in [-0.39, 0.29) is 5.70 Å². The van der Waals surface area contributed by atoms with Crippen LogP contribution in [0.2, 0.25) is 0 Å². The lowest BCUT2D eigenvalue weighted by atomic mass is 9.94. The van der Waals surface area contributed by atoms with Crippen LogP contribution in [0.25, 0.3) is 0 Å². The van der Waals surface area contributed by atoms with E-state index in [1.54, 1.807) is 16.7 Å². The summed E-state index contributed by atoms with van der Waals surface area (Å²) in [6, 6.07) is -0.862. The first-order valence-corrected chi connectivity index (χ1v) is 10.7. The lowest BCUT2D eigenvalue weighted by molar-refractivity contribution is -0.570. The Morgan fingerprint density at radius 1 is 1.38 bits per heavy atom. The number of rotatable bonds is 4. The number of piperazine rings is 1. The summed E-state index contributed by atoms with van der Waals surface area (Å²) in [5, 5.41) is 14.3. The third kappa shape index (κ3) is 3.42. The number of fused-ring (bicyclic) bond motifs is 1. The molecule has 0 radical (unpaired) electrons. The number of carbonyl (C=O) groups is 2. The first-order chi connectivity index (χ1) is 12.1. The smallest absolute Gasteiger partial charge is 0.336 e. The van der Waals surface area contributed by atoms with Crippen molar-refractivity contribution in [2.45, 2.75) is 11.7 Å². The maximum atomic E-state index is 12.1. The Bertz CT molecular complexity index is 760. The second kappa shape index (κ2) is 6.78. The predicted molar refractivity (Wildman–Crippen MR) is 91.5 cm³/mol. The molecule has 0 aromatic heterocycles. The summed E-state index contributed by atoms with van der Waals surface area (Å²) in [6.45, 7) is 0.895. The van der Waals surface area contributed by atoms with Crippen LogP contribution in [-0.2, 0) is 14.2 Å². The maximum Gasteiger partial charge on any atom is 0.345 e. The lowest BCUT2D eigenvalue weighted by Crippen LogP contribution is -2.61. The molecule has 2 heterocycles.